The van der Waals surface area contributed by atoms with E-state index < -0.39 is 11.4 Å². The molecule has 2 aliphatic carbocycles. The number of carbonyl (C=O) groups is 1. The molecule has 1 aromatic rings. The van der Waals surface area contributed by atoms with E-state index in [1.807, 2.05) is 18.2 Å². The Labute approximate surface area is 160 Å². The molecule has 0 aliphatic heterocycles. The Balaban J connectivity index is 1.83. The van der Waals surface area contributed by atoms with Crippen molar-refractivity contribution in [1.29, 1.82) is 5.26 Å². The first-order valence-corrected chi connectivity index (χ1v) is 9.78. The number of carboxylic acid groups (broad SMARTS) is 1. The van der Waals surface area contributed by atoms with Gasteiger partial charge in [0.2, 0.25) is 0 Å². The van der Waals surface area contributed by atoms with E-state index in [2.05, 4.69) is 11.4 Å². The second-order valence-electron chi connectivity index (χ2n) is 7.65. The number of ether oxygens (including phenoxy) is 2. The van der Waals surface area contributed by atoms with Gasteiger partial charge >= 0.3 is 5.97 Å². The zero-order chi connectivity index (χ0) is 19.3. The highest BCUT2D eigenvalue weighted by Crippen LogP contribution is 2.42. The number of aliphatic carboxylic acids is 1. The third kappa shape index (κ3) is 4.54. The number of methoxy groups -OCH3 is 1. The van der Waals surface area contributed by atoms with Crippen molar-refractivity contribution in [2.45, 2.75) is 68.9 Å². The zero-order valence-electron chi connectivity index (χ0n) is 15.9. The Morgan fingerprint density at radius 3 is 2.74 bits per heavy atom. The van der Waals surface area contributed by atoms with Gasteiger partial charge in [0.25, 0.3) is 0 Å². The van der Waals surface area contributed by atoms with Gasteiger partial charge in [0, 0.05) is 6.04 Å². The molecule has 3 rings (SSSR count). The van der Waals surface area contributed by atoms with Crippen LogP contribution in [0, 0.1) is 11.3 Å². The van der Waals surface area contributed by atoms with Gasteiger partial charge in [0.05, 0.1) is 31.2 Å². The SMILES string of the molecule is COc1ccc(C2(C#N)CCC[C@H](NCC(=O)O)C2)cc1OC1CCCC1. The van der Waals surface area contributed by atoms with E-state index in [1.54, 1.807) is 7.11 Å². The minimum Gasteiger partial charge on any atom is -0.493 e. The summed E-state index contributed by atoms with van der Waals surface area (Å²) < 4.78 is 11.7. The fourth-order valence-corrected chi connectivity index (χ4v) is 4.36. The molecule has 2 aliphatic rings. The second kappa shape index (κ2) is 8.62. The van der Waals surface area contributed by atoms with Crippen LogP contribution in [0.4, 0.5) is 0 Å². The van der Waals surface area contributed by atoms with E-state index in [4.69, 9.17) is 14.6 Å². The summed E-state index contributed by atoms with van der Waals surface area (Å²) in [5, 5.41) is 22.0. The number of hydrogen-bond donors (Lipinski definition) is 2. The Morgan fingerprint density at radius 1 is 1.30 bits per heavy atom. The maximum absolute atomic E-state index is 10.9. The van der Waals surface area contributed by atoms with Crippen LogP contribution in [-0.4, -0.2) is 36.9 Å². The molecule has 1 aromatic carbocycles. The lowest BCUT2D eigenvalue weighted by atomic mass is 9.68. The molecule has 2 fully saturated rings. The summed E-state index contributed by atoms with van der Waals surface area (Å²) in [5.41, 5.74) is 0.301. The van der Waals surface area contributed by atoms with Crippen LogP contribution < -0.4 is 14.8 Å². The number of carboxylic acids is 1. The maximum Gasteiger partial charge on any atom is 0.317 e. The van der Waals surface area contributed by atoms with Crippen molar-refractivity contribution >= 4 is 5.97 Å². The monoisotopic (exact) mass is 372 g/mol. The number of nitriles is 1. The first kappa shape index (κ1) is 19.5. The average Bonchev–Trinajstić information content (AvgIpc) is 3.19. The van der Waals surface area contributed by atoms with Crippen molar-refractivity contribution in [3.63, 3.8) is 0 Å². The van der Waals surface area contributed by atoms with Gasteiger partial charge in [-0.2, -0.15) is 5.26 Å². The summed E-state index contributed by atoms with van der Waals surface area (Å²) in [6.45, 7) is -0.0785. The Bertz CT molecular complexity index is 709. The molecule has 0 spiro atoms. The van der Waals surface area contributed by atoms with Crippen molar-refractivity contribution < 1.29 is 19.4 Å². The minimum atomic E-state index is -0.875. The molecule has 0 saturated heterocycles. The topological polar surface area (TPSA) is 91.6 Å². The molecule has 6 nitrogen and oxygen atoms in total. The van der Waals surface area contributed by atoms with E-state index in [-0.39, 0.29) is 18.7 Å². The molecule has 2 saturated carbocycles. The molecule has 0 heterocycles. The summed E-state index contributed by atoms with van der Waals surface area (Å²) >= 11 is 0. The molecule has 0 bridgehead atoms. The van der Waals surface area contributed by atoms with Gasteiger partial charge in [-0.05, 0) is 69.1 Å². The van der Waals surface area contributed by atoms with Gasteiger partial charge in [-0.3, -0.25) is 4.79 Å². The first-order chi connectivity index (χ1) is 13.1. The third-order valence-corrected chi connectivity index (χ3v) is 5.82. The molecule has 0 aromatic heterocycles. The van der Waals surface area contributed by atoms with E-state index in [1.165, 1.54) is 12.8 Å². The fraction of sp³-hybridized carbons (Fsp3) is 0.619. The number of benzene rings is 1. The molecule has 0 radical (unpaired) electrons. The highest BCUT2D eigenvalue weighted by molar-refractivity contribution is 5.69. The van der Waals surface area contributed by atoms with Crippen LogP contribution >= 0.6 is 0 Å². The van der Waals surface area contributed by atoms with Gasteiger partial charge in [-0.25, -0.2) is 0 Å². The lowest BCUT2D eigenvalue weighted by molar-refractivity contribution is -0.136. The van der Waals surface area contributed by atoms with Gasteiger partial charge in [0.1, 0.15) is 0 Å². The molecule has 2 N–H and O–H groups in total. The summed E-state index contributed by atoms with van der Waals surface area (Å²) in [4.78, 5) is 10.9. The van der Waals surface area contributed by atoms with Crippen LogP contribution in [0.1, 0.15) is 56.9 Å². The fourth-order valence-electron chi connectivity index (χ4n) is 4.36. The van der Waals surface area contributed by atoms with Crippen LogP contribution in [0.15, 0.2) is 18.2 Å². The summed E-state index contributed by atoms with van der Waals surface area (Å²) in [7, 11) is 1.63. The number of hydrogen-bond acceptors (Lipinski definition) is 5. The highest BCUT2D eigenvalue weighted by Gasteiger charge is 2.39. The maximum atomic E-state index is 10.9. The average molecular weight is 372 g/mol. The molecule has 146 valence electrons. The highest BCUT2D eigenvalue weighted by atomic mass is 16.5. The minimum absolute atomic E-state index is 0.0239. The lowest BCUT2D eigenvalue weighted by Gasteiger charge is -2.36. The van der Waals surface area contributed by atoms with Crippen LogP contribution in [0.3, 0.4) is 0 Å². The first-order valence-electron chi connectivity index (χ1n) is 9.78. The van der Waals surface area contributed by atoms with E-state index >= 15 is 0 Å². The summed E-state index contributed by atoms with van der Waals surface area (Å²) in [6, 6.07) is 8.34. The molecule has 27 heavy (non-hydrogen) atoms. The Kier molecular flexibility index (Phi) is 6.22. The van der Waals surface area contributed by atoms with Crippen LogP contribution in [0.2, 0.25) is 0 Å². The quantitative estimate of drug-likeness (QED) is 0.762. The molecule has 6 heteroatoms. The second-order valence-corrected chi connectivity index (χ2v) is 7.65. The number of nitrogens with one attached hydrogen (secondary N) is 1. The molecule has 0 amide bonds. The number of rotatable bonds is 7. The molecular formula is C21H28N2O4. The lowest BCUT2D eigenvalue weighted by Crippen LogP contribution is -2.43. The Morgan fingerprint density at radius 2 is 2.07 bits per heavy atom. The van der Waals surface area contributed by atoms with Gasteiger partial charge in [-0.15, -0.1) is 0 Å². The molecule has 2 atom stereocenters. The standard InChI is InChI=1S/C21H28N2O4/c1-26-18-9-8-15(11-19(18)27-17-6-2-3-7-17)21(14-22)10-4-5-16(12-21)23-13-20(24)25/h8-9,11,16-17,23H,2-7,10,12-13H2,1H3,(H,24,25)/t16-,21?/m0/s1. The van der Waals surface area contributed by atoms with Crippen molar-refractivity contribution in [2.24, 2.45) is 0 Å². The third-order valence-electron chi connectivity index (χ3n) is 5.82. The van der Waals surface area contributed by atoms with Crippen molar-refractivity contribution in [3.8, 4) is 17.6 Å². The van der Waals surface area contributed by atoms with Crippen LogP contribution in [-0.2, 0) is 10.2 Å². The van der Waals surface area contributed by atoms with Crippen LogP contribution in [0.25, 0.3) is 0 Å². The predicted octanol–water partition coefficient (Wildman–Crippen LogP) is 3.39. The molecule has 1 unspecified atom stereocenters. The smallest absolute Gasteiger partial charge is 0.317 e. The van der Waals surface area contributed by atoms with Crippen molar-refractivity contribution in [3.05, 3.63) is 23.8 Å². The Hall–Kier alpha value is -2.26. The van der Waals surface area contributed by atoms with E-state index in [9.17, 15) is 10.1 Å². The largest absolute Gasteiger partial charge is 0.493 e. The molecular weight excluding hydrogens is 344 g/mol. The summed E-state index contributed by atoms with van der Waals surface area (Å²) in [5.74, 6) is 0.520. The van der Waals surface area contributed by atoms with E-state index in [0.717, 1.165) is 37.7 Å². The van der Waals surface area contributed by atoms with E-state index in [0.29, 0.717) is 17.9 Å². The van der Waals surface area contributed by atoms with Crippen molar-refractivity contribution in [1.82, 2.24) is 5.32 Å². The predicted molar refractivity (Wildman–Crippen MR) is 101 cm³/mol. The zero-order valence-corrected chi connectivity index (χ0v) is 15.9. The summed E-state index contributed by atoms with van der Waals surface area (Å²) in [6.07, 6.45) is 7.83. The number of nitrogens with zero attached hydrogens (tertiary/aromatic N) is 1. The van der Waals surface area contributed by atoms with Crippen LogP contribution in [0.5, 0.6) is 11.5 Å². The van der Waals surface area contributed by atoms with Gasteiger partial charge in [-0.1, -0.05) is 6.07 Å². The van der Waals surface area contributed by atoms with Gasteiger partial charge in [0.15, 0.2) is 11.5 Å². The van der Waals surface area contributed by atoms with Crippen molar-refractivity contribution in [2.75, 3.05) is 13.7 Å². The van der Waals surface area contributed by atoms with Gasteiger partial charge < -0.3 is 19.9 Å². The normalized spacial score (nSPS) is 25.7.